The van der Waals surface area contributed by atoms with Crippen molar-refractivity contribution in [3.8, 4) is 11.5 Å². The molecule has 1 saturated heterocycles. The highest BCUT2D eigenvalue weighted by Gasteiger charge is 2.24. The number of benzene rings is 1. The number of rotatable bonds is 5. The van der Waals surface area contributed by atoms with Crippen LogP contribution in [-0.2, 0) is 0 Å². The van der Waals surface area contributed by atoms with Gasteiger partial charge in [-0.15, -0.1) is 0 Å². The Labute approximate surface area is 161 Å². The Hall–Kier alpha value is -2.25. The maximum absolute atomic E-state index is 9.68. The summed E-state index contributed by atoms with van der Waals surface area (Å²) in [4.78, 5) is 8.88. The minimum absolute atomic E-state index is 0.293. The lowest BCUT2D eigenvalue weighted by atomic mass is 10.1. The van der Waals surface area contributed by atoms with Crippen LogP contribution < -0.4 is 15.2 Å². The molecule has 3 N–H and O–H groups in total. The summed E-state index contributed by atoms with van der Waals surface area (Å²) >= 11 is 0. The molecule has 0 bridgehead atoms. The number of nitrogens with zero attached hydrogens (tertiary/aromatic N) is 3. The number of piperazine rings is 1. The zero-order valence-electron chi connectivity index (χ0n) is 16.4. The second kappa shape index (κ2) is 8.63. The third kappa shape index (κ3) is 4.54. The summed E-state index contributed by atoms with van der Waals surface area (Å²) in [6, 6.07) is 6.45. The molecule has 1 aromatic rings. The van der Waals surface area contributed by atoms with Crippen LogP contribution >= 0.6 is 0 Å². The zero-order valence-corrected chi connectivity index (χ0v) is 16.4. The maximum atomic E-state index is 9.68. The lowest BCUT2D eigenvalue weighted by molar-refractivity contribution is 0.139. The van der Waals surface area contributed by atoms with Crippen molar-refractivity contribution in [3.05, 3.63) is 35.5 Å². The van der Waals surface area contributed by atoms with E-state index < -0.39 is 6.10 Å². The Kier molecular flexibility index (Phi) is 6.23. The number of hydrogen-bond acceptors (Lipinski definition) is 5. The van der Waals surface area contributed by atoms with Gasteiger partial charge in [0.1, 0.15) is 0 Å². The molecule has 1 aromatic carbocycles. The third-order valence-electron chi connectivity index (χ3n) is 5.37. The van der Waals surface area contributed by atoms with Crippen LogP contribution in [0.3, 0.4) is 0 Å². The lowest BCUT2D eigenvalue weighted by Gasteiger charge is -2.38. The molecular formula is C20H30N4O3. The lowest BCUT2D eigenvalue weighted by Crippen LogP contribution is -2.51. The number of hydrogen-bond donors (Lipinski definition) is 2. The molecule has 148 valence electrons. The normalized spacial score (nSPS) is 20.7. The van der Waals surface area contributed by atoms with E-state index in [1.807, 2.05) is 13.0 Å². The van der Waals surface area contributed by atoms with E-state index in [0.717, 1.165) is 49.7 Å². The first-order valence-corrected chi connectivity index (χ1v) is 9.58. The molecule has 0 aliphatic carbocycles. The second-order valence-electron chi connectivity index (χ2n) is 7.03. The van der Waals surface area contributed by atoms with Crippen LogP contribution in [0.1, 0.15) is 38.8 Å². The fraction of sp³-hybridized carbons (Fsp3) is 0.550. The number of ether oxygens (including phenoxy) is 2. The van der Waals surface area contributed by atoms with Crippen LogP contribution in [0.5, 0.6) is 11.5 Å². The summed E-state index contributed by atoms with van der Waals surface area (Å²) in [5.41, 5.74) is 8.25. The predicted molar refractivity (Wildman–Crippen MR) is 106 cm³/mol. The van der Waals surface area contributed by atoms with E-state index in [-0.39, 0.29) is 0 Å². The summed E-state index contributed by atoms with van der Waals surface area (Å²) in [6.07, 6.45) is 1.96. The van der Waals surface area contributed by atoms with E-state index in [0.29, 0.717) is 18.8 Å². The van der Waals surface area contributed by atoms with Gasteiger partial charge in [-0.2, -0.15) is 0 Å². The monoisotopic (exact) mass is 374 g/mol. The van der Waals surface area contributed by atoms with Gasteiger partial charge < -0.3 is 25.2 Å². The fourth-order valence-electron chi connectivity index (χ4n) is 3.45. The molecule has 27 heavy (non-hydrogen) atoms. The number of aliphatic imine (C=N–C) groups is 1. The van der Waals surface area contributed by atoms with Crippen molar-refractivity contribution in [2.45, 2.75) is 39.3 Å². The van der Waals surface area contributed by atoms with E-state index in [1.165, 1.54) is 5.56 Å². The molecule has 1 fully saturated rings. The standard InChI is InChI=1S/C20H30N4O3/c1-4-16(15(3)25)12-22-20(21)24-9-7-23(8-10-24)14(2)17-5-6-18-19(11-17)27-13-26-18/h5-6,11-12,14-15,25H,4,7-10,13H2,1-3H3,(H2,21,22)/b16-12+. The molecule has 3 rings (SSSR count). The summed E-state index contributed by atoms with van der Waals surface area (Å²) in [5.74, 6) is 2.15. The Bertz CT molecular complexity index is 709. The molecule has 2 aliphatic rings. The molecular weight excluding hydrogens is 344 g/mol. The first-order valence-electron chi connectivity index (χ1n) is 9.58. The van der Waals surface area contributed by atoms with E-state index in [1.54, 1.807) is 13.1 Å². The second-order valence-corrected chi connectivity index (χ2v) is 7.03. The average Bonchev–Trinajstić information content (AvgIpc) is 3.15. The van der Waals surface area contributed by atoms with Crippen molar-refractivity contribution in [1.29, 1.82) is 0 Å². The topological polar surface area (TPSA) is 83.6 Å². The van der Waals surface area contributed by atoms with E-state index in [2.05, 4.69) is 33.8 Å². The SMILES string of the molecule is CC/C(=C\N=C(N)N1CCN(C(C)c2ccc3c(c2)OCO3)CC1)C(C)O. The molecule has 0 amide bonds. The van der Waals surface area contributed by atoms with Gasteiger partial charge in [0.2, 0.25) is 6.79 Å². The van der Waals surface area contributed by atoms with Crippen LogP contribution in [0.4, 0.5) is 0 Å². The van der Waals surface area contributed by atoms with Gasteiger partial charge in [-0.05, 0) is 43.5 Å². The smallest absolute Gasteiger partial charge is 0.231 e. The van der Waals surface area contributed by atoms with E-state index >= 15 is 0 Å². The summed E-state index contributed by atoms with van der Waals surface area (Å²) in [6.45, 7) is 9.73. The van der Waals surface area contributed by atoms with Gasteiger partial charge in [-0.1, -0.05) is 13.0 Å². The molecule has 2 heterocycles. The van der Waals surface area contributed by atoms with Crippen LogP contribution in [0.2, 0.25) is 0 Å². The average molecular weight is 374 g/mol. The van der Waals surface area contributed by atoms with Gasteiger partial charge in [-0.25, -0.2) is 4.99 Å². The van der Waals surface area contributed by atoms with Gasteiger partial charge in [0.25, 0.3) is 0 Å². The summed E-state index contributed by atoms with van der Waals surface area (Å²) in [7, 11) is 0. The van der Waals surface area contributed by atoms with Crippen molar-refractivity contribution in [2.24, 2.45) is 10.7 Å². The quantitative estimate of drug-likeness (QED) is 0.606. The first kappa shape index (κ1) is 19.5. The number of aliphatic hydroxyl groups excluding tert-OH is 1. The highest BCUT2D eigenvalue weighted by molar-refractivity contribution is 5.78. The number of fused-ring (bicyclic) bond motifs is 1. The Morgan fingerprint density at radius 3 is 2.59 bits per heavy atom. The van der Waals surface area contributed by atoms with Crippen LogP contribution in [0, 0.1) is 0 Å². The third-order valence-corrected chi connectivity index (χ3v) is 5.37. The Morgan fingerprint density at radius 2 is 1.93 bits per heavy atom. The first-order chi connectivity index (χ1) is 13.0. The molecule has 7 heteroatoms. The zero-order chi connectivity index (χ0) is 19.4. The highest BCUT2D eigenvalue weighted by Crippen LogP contribution is 2.35. The number of nitrogens with two attached hydrogens (primary N) is 1. The molecule has 7 nitrogen and oxygen atoms in total. The number of aliphatic hydroxyl groups is 1. The summed E-state index contributed by atoms with van der Waals surface area (Å²) in [5, 5.41) is 9.68. The molecule has 2 atom stereocenters. The van der Waals surface area contributed by atoms with Crippen LogP contribution in [-0.4, -0.2) is 59.9 Å². The van der Waals surface area contributed by atoms with Crippen molar-refractivity contribution < 1.29 is 14.6 Å². The maximum Gasteiger partial charge on any atom is 0.231 e. The molecule has 0 saturated carbocycles. The Balaban J connectivity index is 1.58. The van der Waals surface area contributed by atoms with Gasteiger partial charge >= 0.3 is 0 Å². The fourth-order valence-corrected chi connectivity index (χ4v) is 3.45. The summed E-state index contributed by atoms with van der Waals surface area (Å²) < 4.78 is 10.9. The minimum atomic E-state index is -0.494. The Morgan fingerprint density at radius 1 is 1.22 bits per heavy atom. The highest BCUT2D eigenvalue weighted by atomic mass is 16.7. The van der Waals surface area contributed by atoms with Gasteiger partial charge in [0.15, 0.2) is 17.5 Å². The largest absolute Gasteiger partial charge is 0.454 e. The number of guanidine groups is 1. The van der Waals surface area contributed by atoms with Crippen LogP contribution in [0.25, 0.3) is 0 Å². The van der Waals surface area contributed by atoms with Crippen molar-refractivity contribution >= 4 is 5.96 Å². The molecule has 0 spiro atoms. The van der Waals surface area contributed by atoms with Crippen molar-refractivity contribution in [1.82, 2.24) is 9.80 Å². The predicted octanol–water partition coefficient (Wildman–Crippen LogP) is 2.08. The van der Waals surface area contributed by atoms with E-state index in [9.17, 15) is 5.11 Å². The van der Waals surface area contributed by atoms with E-state index in [4.69, 9.17) is 15.2 Å². The minimum Gasteiger partial charge on any atom is -0.454 e. The molecule has 0 radical (unpaired) electrons. The van der Waals surface area contributed by atoms with Gasteiger partial charge in [0, 0.05) is 38.4 Å². The molecule has 2 aliphatic heterocycles. The van der Waals surface area contributed by atoms with Crippen molar-refractivity contribution in [3.63, 3.8) is 0 Å². The van der Waals surface area contributed by atoms with Gasteiger partial charge in [-0.3, -0.25) is 4.90 Å². The van der Waals surface area contributed by atoms with Crippen LogP contribution in [0.15, 0.2) is 35.0 Å². The van der Waals surface area contributed by atoms with Crippen molar-refractivity contribution in [2.75, 3.05) is 33.0 Å². The molecule has 2 unspecified atom stereocenters. The van der Waals surface area contributed by atoms with Gasteiger partial charge in [0.05, 0.1) is 6.10 Å². The molecule has 0 aromatic heterocycles.